The van der Waals surface area contributed by atoms with Crippen molar-refractivity contribution in [2.75, 3.05) is 32.6 Å². The molecule has 1 aliphatic rings. The standard InChI is InChI=1S/C22H28N2O5S/c1-15-7-8-16(2)19(12-15)23-22(25)17-6-5-11-24(14-17)30(26,27)18-9-10-20(28-3)21(13-18)29-4/h7-10,12-13,17H,5-6,11,14H2,1-4H3,(H,23,25)/t17-/m1/s1. The smallest absolute Gasteiger partial charge is 0.243 e. The number of methoxy groups -OCH3 is 2. The number of amides is 1. The number of sulfonamides is 1. The third-order valence-corrected chi connectivity index (χ3v) is 7.26. The van der Waals surface area contributed by atoms with E-state index in [4.69, 9.17) is 9.47 Å². The minimum atomic E-state index is -3.76. The molecule has 0 spiro atoms. The van der Waals surface area contributed by atoms with Crippen LogP contribution in [0, 0.1) is 19.8 Å². The van der Waals surface area contributed by atoms with Crippen LogP contribution in [0.5, 0.6) is 11.5 Å². The van der Waals surface area contributed by atoms with Crippen molar-refractivity contribution in [2.24, 2.45) is 5.92 Å². The highest BCUT2D eigenvalue weighted by Gasteiger charge is 2.34. The van der Waals surface area contributed by atoms with Crippen molar-refractivity contribution < 1.29 is 22.7 Å². The molecule has 2 aromatic rings. The second-order valence-electron chi connectivity index (χ2n) is 7.53. The van der Waals surface area contributed by atoms with E-state index >= 15 is 0 Å². The molecule has 0 unspecified atom stereocenters. The Kier molecular flexibility index (Phi) is 6.67. The highest BCUT2D eigenvalue weighted by molar-refractivity contribution is 7.89. The van der Waals surface area contributed by atoms with E-state index in [0.717, 1.165) is 16.8 Å². The van der Waals surface area contributed by atoms with Crippen molar-refractivity contribution in [1.82, 2.24) is 4.31 Å². The first-order valence-electron chi connectivity index (χ1n) is 9.86. The number of carbonyl (C=O) groups excluding carboxylic acids is 1. The summed E-state index contributed by atoms with van der Waals surface area (Å²) in [6.45, 7) is 4.42. The van der Waals surface area contributed by atoms with E-state index < -0.39 is 15.9 Å². The summed E-state index contributed by atoms with van der Waals surface area (Å²) < 4.78 is 38.2. The third-order valence-electron chi connectivity index (χ3n) is 5.40. The lowest BCUT2D eigenvalue weighted by atomic mass is 9.98. The number of benzene rings is 2. The number of carbonyl (C=O) groups is 1. The van der Waals surface area contributed by atoms with Gasteiger partial charge in [0.15, 0.2) is 11.5 Å². The predicted molar refractivity (Wildman–Crippen MR) is 116 cm³/mol. The second kappa shape index (κ2) is 9.06. The van der Waals surface area contributed by atoms with Gasteiger partial charge in [0.2, 0.25) is 15.9 Å². The number of hydrogen-bond donors (Lipinski definition) is 1. The lowest BCUT2D eigenvalue weighted by Crippen LogP contribution is -2.43. The van der Waals surface area contributed by atoms with Gasteiger partial charge < -0.3 is 14.8 Å². The number of rotatable bonds is 6. The zero-order valence-corrected chi connectivity index (χ0v) is 18.6. The first-order chi connectivity index (χ1) is 14.3. The van der Waals surface area contributed by atoms with Gasteiger partial charge in [-0.25, -0.2) is 8.42 Å². The molecular formula is C22H28N2O5S. The van der Waals surface area contributed by atoms with Gasteiger partial charge in [0.25, 0.3) is 0 Å². The van der Waals surface area contributed by atoms with Crippen LogP contribution in [-0.2, 0) is 14.8 Å². The summed E-state index contributed by atoms with van der Waals surface area (Å²) in [6, 6.07) is 10.4. The second-order valence-corrected chi connectivity index (χ2v) is 9.46. The van der Waals surface area contributed by atoms with Crippen molar-refractivity contribution >= 4 is 21.6 Å². The highest BCUT2D eigenvalue weighted by Crippen LogP contribution is 2.32. The van der Waals surface area contributed by atoms with Crippen LogP contribution in [0.1, 0.15) is 24.0 Å². The Bertz CT molecular complexity index is 1040. The summed E-state index contributed by atoms with van der Waals surface area (Å²) in [5.74, 6) is 0.241. The maximum Gasteiger partial charge on any atom is 0.243 e. The summed E-state index contributed by atoms with van der Waals surface area (Å²) >= 11 is 0. The van der Waals surface area contributed by atoms with Crippen LogP contribution in [0.3, 0.4) is 0 Å². The number of nitrogens with one attached hydrogen (secondary N) is 1. The minimum Gasteiger partial charge on any atom is -0.493 e. The molecule has 1 fully saturated rings. The molecule has 1 aliphatic heterocycles. The Morgan fingerprint density at radius 3 is 2.50 bits per heavy atom. The molecule has 1 saturated heterocycles. The predicted octanol–water partition coefficient (Wildman–Crippen LogP) is 3.36. The van der Waals surface area contributed by atoms with Crippen molar-refractivity contribution in [2.45, 2.75) is 31.6 Å². The van der Waals surface area contributed by atoms with Gasteiger partial charge in [-0.1, -0.05) is 12.1 Å². The van der Waals surface area contributed by atoms with E-state index in [-0.39, 0.29) is 17.3 Å². The summed E-state index contributed by atoms with van der Waals surface area (Å²) in [5, 5.41) is 2.97. The van der Waals surface area contributed by atoms with Crippen LogP contribution in [0.25, 0.3) is 0 Å². The van der Waals surface area contributed by atoms with Gasteiger partial charge >= 0.3 is 0 Å². The molecule has 0 bridgehead atoms. The van der Waals surface area contributed by atoms with Gasteiger partial charge in [0, 0.05) is 24.8 Å². The maximum atomic E-state index is 13.2. The average Bonchev–Trinajstić information content (AvgIpc) is 2.75. The van der Waals surface area contributed by atoms with E-state index in [2.05, 4.69) is 5.32 Å². The van der Waals surface area contributed by atoms with Crippen molar-refractivity contribution in [1.29, 1.82) is 0 Å². The van der Waals surface area contributed by atoms with Crippen molar-refractivity contribution in [3.05, 3.63) is 47.5 Å². The van der Waals surface area contributed by atoms with Gasteiger partial charge in [-0.15, -0.1) is 0 Å². The number of nitrogens with zero attached hydrogens (tertiary/aromatic N) is 1. The van der Waals surface area contributed by atoms with Gasteiger partial charge in [0.05, 0.1) is 25.0 Å². The first-order valence-corrected chi connectivity index (χ1v) is 11.3. The SMILES string of the molecule is COc1ccc(S(=O)(=O)N2CCC[C@@H](C(=O)Nc3cc(C)ccc3C)C2)cc1OC. The van der Waals surface area contributed by atoms with E-state index in [1.165, 1.54) is 30.7 Å². The molecule has 0 aromatic heterocycles. The van der Waals surface area contributed by atoms with E-state index in [9.17, 15) is 13.2 Å². The van der Waals surface area contributed by atoms with Crippen molar-refractivity contribution in [3.63, 3.8) is 0 Å². The molecule has 3 rings (SSSR count). The number of anilines is 1. The molecule has 0 aliphatic carbocycles. The molecule has 1 heterocycles. The Labute approximate surface area is 178 Å². The van der Waals surface area contributed by atoms with Crippen LogP contribution < -0.4 is 14.8 Å². The van der Waals surface area contributed by atoms with Gasteiger partial charge in [-0.2, -0.15) is 4.31 Å². The molecule has 8 heteroatoms. The summed E-state index contributed by atoms with van der Waals surface area (Å²) in [7, 11) is -0.799. The van der Waals surface area contributed by atoms with E-state index in [0.29, 0.717) is 30.9 Å². The summed E-state index contributed by atoms with van der Waals surface area (Å²) in [5.41, 5.74) is 2.79. The zero-order chi connectivity index (χ0) is 21.9. The Morgan fingerprint density at radius 1 is 1.07 bits per heavy atom. The monoisotopic (exact) mass is 432 g/mol. The van der Waals surface area contributed by atoms with Gasteiger partial charge in [-0.3, -0.25) is 4.79 Å². The molecule has 1 atom stereocenters. The van der Waals surface area contributed by atoms with Crippen LogP contribution in [0.4, 0.5) is 5.69 Å². The largest absolute Gasteiger partial charge is 0.493 e. The molecule has 30 heavy (non-hydrogen) atoms. The first kappa shape index (κ1) is 22.1. The number of hydrogen-bond acceptors (Lipinski definition) is 5. The lowest BCUT2D eigenvalue weighted by molar-refractivity contribution is -0.120. The van der Waals surface area contributed by atoms with Crippen LogP contribution >= 0.6 is 0 Å². The summed E-state index contributed by atoms with van der Waals surface area (Å²) in [6.07, 6.45) is 1.27. The number of aryl methyl sites for hydroxylation is 2. The lowest BCUT2D eigenvalue weighted by Gasteiger charge is -2.31. The molecule has 1 amide bonds. The molecule has 7 nitrogen and oxygen atoms in total. The van der Waals surface area contributed by atoms with Crippen LogP contribution in [0.15, 0.2) is 41.3 Å². The topological polar surface area (TPSA) is 84.9 Å². The van der Waals surface area contributed by atoms with Crippen LogP contribution in [-0.4, -0.2) is 45.9 Å². The fraction of sp³-hybridized carbons (Fsp3) is 0.409. The van der Waals surface area contributed by atoms with E-state index in [1.54, 1.807) is 6.07 Å². The van der Waals surface area contributed by atoms with E-state index in [1.807, 2.05) is 32.0 Å². The average molecular weight is 433 g/mol. The molecular weight excluding hydrogens is 404 g/mol. The Morgan fingerprint density at radius 2 is 1.80 bits per heavy atom. The fourth-order valence-electron chi connectivity index (χ4n) is 3.61. The quantitative estimate of drug-likeness (QED) is 0.757. The Balaban J connectivity index is 1.78. The van der Waals surface area contributed by atoms with Crippen LogP contribution in [0.2, 0.25) is 0 Å². The van der Waals surface area contributed by atoms with Gasteiger partial charge in [0.1, 0.15) is 0 Å². The molecule has 0 saturated carbocycles. The zero-order valence-electron chi connectivity index (χ0n) is 17.8. The minimum absolute atomic E-state index is 0.121. The summed E-state index contributed by atoms with van der Waals surface area (Å²) in [4.78, 5) is 13.0. The Hall–Kier alpha value is -2.58. The van der Waals surface area contributed by atoms with Gasteiger partial charge in [-0.05, 0) is 56.0 Å². The normalized spacial score (nSPS) is 17.4. The van der Waals surface area contributed by atoms with Crippen molar-refractivity contribution in [3.8, 4) is 11.5 Å². The highest BCUT2D eigenvalue weighted by atomic mass is 32.2. The molecule has 2 aromatic carbocycles. The number of ether oxygens (including phenoxy) is 2. The molecule has 1 N–H and O–H groups in total. The molecule has 0 radical (unpaired) electrons. The fourth-order valence-corrected chi connectivity index (χ4v) is 5.15. The third kappa shape index (κ3) is 4.60. The molecule has 162 valence electrons. The maximum absolute atomic E-state index is 13.2. The number of piperidine rings is 1.